The first kappa shape index (κ1) is 16.1. The molecule has 1 heterocycles. The molecule has 1 fully saturated rings. The topological polar surface area (TPSA) is 49.3 Å². The third-order valence-electron chi connectivity index (χ3n) is 4.09. The third-order valence-corrected chi connectivity index (χ3v) is 5.00. The average Bonchev–Trinajstić information content (AvgIpc) is 2.97. The van der Waals surface area contributed by atoms with Gasteiger partial charge in [-0.25, -0.2) is 0 Å². The zero-order chi connectivity index (χ0) is 15.1. The van der Waals surface area contributed by atoms with Crippen LogP contribution >= 0.6 is 11.3 Å². The molecule has 1 aromatic rings. The highest BCUT2D eigenvalue weighted by Gasteiger charge is 2.22. The van der Waals surface area contributed by atoms with Crippen LogP contribution in [0.2, 0.25) is 0 Å². The van der Waals surface area contributed by atoms with Crippen LogP contribution in [-0.2, 0) is 0 Å². The molecule has 21 heavy (non-hydrogen) atoms. The smallest absolute Gasteiger partial charge is 0.262 e. The molecule has 0 unspecified atom stereocenters. The van der Waals surface area contributed by atoms with E-state index in [2.05, 4.69) is 24.1 Å². The van der Waals surface area contributed by atoms with Crippen molar-refractivity contribution < 1.29 is 9.90 Å². The second kappa shape index (κ2) is 8.21. The van der Waals surface area contributed by atoms with Gasteiger partial charge in [0.1, 0.15) is 4.88 Å². The molecule has 2 N–H and O–H groups in total. The maximum absolute atomic E-state index is 12.4. The van der Waals surface area contributed by atoms with Crippen LogP contribution in [0.15, 0.2) is 11.4 Å². The maximum atomic E-state index is 12.4. The fourth-order valence-corrected chi connectivity index (χ4v) is 3.52. The summed E-state index contributed by atoms with van der Waals surface area (Å²) in [6, 6.07) is 2.18. The van der Waals surface area contributed by atoms with E-state index in [9.17, 15) is 4.79 Å². The normalized spacial score (nSPS) is 21.4. The predicted molar refractivity (Wildman–Crippen MR) is 86.4 cm³/mol. The quantitative estimate of drug-likeness (QED) is 0.839. The third kappa shape index (κ3) is 4.59. The number of carbonyl (C=O) groups is 1. The summed E-state index contributed by atoms with van der Waals surface area (Å²) in [5.74, 6) is 6.68. The zero-order valence-corrected chi connectivity index (χ0v) is 13.3. The number of carbonyl (C=O) groups excluding carboxylic acids is 1. The summed E-state index contributed by atoms with van der Waals surface area (Å²) >= 11 is 1.43. The number of amides is 1. The van der Waals surface area contributed by atoms with Crippen LogP contribution in [-0.4, -0.2) is 23.7 Å². The number of aliphatic hydroxyl groups is 1. The van der Waals surface area contributed by atoms with Gasteiger partial charge in [0.15, 0.2) is 0 Å². The summed E-state index contributed by atoms with van der Waals surface area (Å²) < 4.78 is 0. The minimum Gasteiger partial charge on any atom is -0.395 e. The molecule has 1 aromatic heterocycles. The van der Waals surface area contributed by atoms with E-state index in [-0.39, 0.29) is 12.5 Å². The Bertz CT molecular complexity index is 518. The number of hydrogen-bond donors (Lipinski definition) is 2. The molecule has 2 rings (SSSR count). The van der Waals surface area contributed by atoms with Gasteiger partial charge in [0, 0.05) is 18.0 Å². The van der Waals surface area contributed by atoms with Crippen molar-refractivity contribution in [1.29, 1.82) is 0 Å². The molecule has 0 aromatic carbocycles. The van der Waals surface area contributed by atoms with Crippen molar-refractivity contribution in [3.05, 3.63) is 21.9 Å². The minimum absolute atomic E-state index is 0.00162. The molecule has 1 aliphatic carbocycles. The van der Waals surface area contributed by atoms with Crippen LogP contribution in [0.25, 0.3) is 0 Å². The Hall–Kier alpha value is -1.31. The fourth-order valence-electron chi connectivity index (χ4n) is 2.76. The molecular formula is C17H23NO2S. The Balaban J connectivity index is 1.92. The lowest BCUT2D eigenvalue weighted by atomic mass is 9.84. The Morgan fingerprint density at radius 3 is 2.86 bits per heavy atom. The first-order valence-corrected chi connectivity index (χ1v) is 8.60. The lowest BCUT2D eigenvalue weighted by molar-refractivity contribution is 0.0925. The van der Waals surface area contributed by atoms with E-state index < -0.39 is 0 Å². The lowest BCUT2D eigenvalue weighted by Crippen LogP contribution is -2.37. The van der Waals surface area contributed by atoms with Gasteiger partial charge in [-0.05, 0) is 43.0 Å². The number of nitrogens with one attached hydrogen (secondary N) is 1. The number of aliphatic hydroxyl groups excluding tert-OH is 1. The Morgan fingerprint density at radius 1 is 1.43 bits per heavy atom. The van der Waals surface area contributed by atoms with Gasteiger partial charge in [-0.2, -0.15) is 0 Å². The van der Waals surface area contributed by atoms with Crippen LogP contribution in [0.5, 0.6) is 0 Å². The molecule has 0 aliphatic heterocycles. The van der Waals surface area contributed by atoms with Gasteiger partial charge in [0.25, 0.3) is 5.91 Å². The molecule has 114 valence electrons. The highest BCUT2D eigenvalue weighted by atomic mass is 32.1. The molecule has 1 amide bonds. The first-order valence-electron chi connectivity index (χ1n) is 7.72. The monoisotopic (exact) mass is 305 g/mol. The number of rotatable bonds is 4. The van der Waals surface area contributed by atoms with Gasteiger partial charge in [0.05, 0.1) is 6.61 Å². The van der Waals surface area contributed by atoms with Crippen molar-refractivity contribution in [2.45, 2.75) is 51.5 Å². The van der Waals surface area contributed by atoms with E-state index in [1.807, 2.05) is 11.4 Å². The van der Waals surface area contributed by atoms with E-state index in [0.29, 0.717) is 17.3 Å². The first-order chi connectivity index (χ1) is 10.2. The van der Waals surface area contributed by atoms with Crippen molar-refractivity contribution in [1.82, 2.24) is 5.32 Å². The second-order valence-corrected chi connectivity index (χ2v) is 6.45. The molecule has 0 spiro atoms. The molecule has 1 aliphatic rings. The Kier molecular flexibility index (Phi) is 6.28. The summed E-state index contributed by atoms with van der Waals surface area (Å²) in [4.78, 5) is 13.1. The zero-order valence-electron chi connectivity index (χ0n) is 12.5. The number of thiophene rings is 1. The van der Waals surface area contributed by atoms with Gasteiger partial charge in [0.2, 0.25) is 0 Å². The van der Waals surface area contributed by atoms with Crippen molar-refractivity contribution in [3.8, 4) is 11.8 Å². The SMILES string of the molecule is CCC1CCC(NC(=O)c2sccc2C#CCCO)CC1. The van der Waals surface area contributed by atoms with E-state index in [1.54, 1.807) is 0 Å². The van der Waals surface area contributed by atoms with Gasteiger partial charge in [-0.15, -0.1) is 11.3 Å². The van der Waals surface area contributed by atoms with Crippen LogP contribution < -0.4 is 5.32 Å². The van der Waals surface area contributed by atoms with E-state index in [1.165, 1.54) is 30.6 Å². The lowest BCUT2D eigenvalue weighted by Gasteiger charge is -2.28. The van der Waals surface area contributed by atoms with Crippen molar-refractivity contribution in [3.63, 3.8) is 0 Å². The highest BCUT2D eigenvalue weighted by Crippen LogP contribution is 2.27. The van der Waals surface area contributed by atoms with Crippen molar-refractivity contribution in [2.24, 2.45) is 5.92 Å². The standard InChI is InChI=1S/C17H23NO2S/c1-2-13-6-8-15(9-7-13)18-17(20)16-14(10-12-21-16)5-3-4-11-19/h10,12-13,15,19H,2,4,6-9,11H2,1H3,(H,18,20). The largest absolute Gasteiger partial charge is 0.395 e. The van der Waals surface area contributed by atoms with Gasteiger partial charge < -0.3 is 10.4 Å². The highest BCUT2D eigenvalue weighted by molar-refractivity contribution is 7.12. The van der Waals surface area contributed by atoms with E-state index in [4.69, 9.17) is 5.11 Å². The molecule has 3 nitrogen and oxygen atoms in total. The second-order valence-electron chi connectivity index (χ2n) is 5.54. The minimum atomic E-state index is -0.00162. The maximum Gasteiger partial charge on any atom is 0.262 e. The molecular weight excluding hydrogens is 282 g/mol. The van der Waals surface area contributed by atoms with Crippen LogP contribution in [0.3, 0.4) is 0 Å². The van der Waals surface area contributed by atoms with Gasteiger partial charge >= 0.3 is 0 Å². The summed E-state index contributed by atoms with van der Waals surface area (Å²) in [6.07, 6.45) is 6.29. The van der Waals surface area contributed by atoms with Gasteiger partial charge in [-0.3, -0.25) is 4.79 Å². The summed E-state index contributed by atoms with van der Waals surface area (Å²) in [6.45, 7) is 2.30. The van der Waals surface area contributed by atoms with Crippen LogP contribution in [0, 0.1) is 17.8 Å². The van der Waals surface area contributed by atoms with Crippen molar-refractivity contribution >= 4 is 17.2 Å². The van der Waals surface area contributed by atoms with Crippen LogP contribution in [0.4, 0.5) is 0 Å². The molecule has 4 heteroatoms. The average molecular weight is 305 g/mol. The van der Waals surface area contributed by atoms with E-state index >= 15 is 0 Å². The summed E-state index contributed by atoms with van der Waals surface area (Å²) in [5, 5.41) is 13.8. The van der Waals surface area contributed by atoms with Crippen molar-refractivity contribution in [2.75, 3.05) is 6.61 Å². The number of hydrogen-bond acceptors (Lipinski definition) is 3. The van der Waals surface area contributed by atoms with Crippen LogP contribution in [0.1, 0.15) is 60.7 Å². The molecule has 0 saturated heterocycles. The fraction of sp³-hybridized carbons (Fsp3) is 0.588. The summed E-state index contributed by atoms with van der Waals surface area (Å²) in [7, 11) is 0. The molecule has 1 saturated carbocycles. The molecule has 0 bridgehead atoms. The molecule has 0 radical (unpaired) electrons. The Morgan fingerprint density at radius 2 is 2.19 bits per heavy atom. The summed E-state index contributed by atoms with van der Waals surface area (Å²) in [5.41, 5.74) is 0.771. The predicted octanol–water partition coefficient (Wildman–Crippen LogP) is 3.18. The van der Waals surface area contributed by atoms with Gasteiger partial charge in [-0.1, -0.05) is 25.2 Å². The molecule has 0 atom stereocenters. The Labute approximate surface area is 130 Å². The van der Waals surface area contributed by atoms with E-state index in [0.717, 1.165) is 24.3 Å².